The molecule has 42 heavy (non-hydrogen) atoms. The van der Waals surface area contributed by atoms with Crippen molar-refractivity contribution in [2.75, 3.05) is 43.4 Å². The van der Waals surface area contributed by atoms with Gasteiger partial charge in [0.25, 0.3) is 0 Å². The van der Waals surface area contributed by atoms with Gasteiger partial charge in [0.1, 0.15) is 0 Å². The molecule has 0 spiro atoms. The highest BCUT2D eigenvalue weighted by molar-refractivity contribution is 6.10. The lowest BCUT2D eigenvalue weighted by atomic mass is 9.77. The van der Waals surface area contributed by atoms with Gasteiger partial charge in [0, 0.05) is 37.3 Å². The summed E-state index contributed by atoms with van der Waals surface area (Å²) in [6.07, 6.45) is -2.64. The van der Waals surface area contributed by atoms with E-state index >= 15 is 0 Å². The molecule has 0 aromatic heterocycles. The first-order chi connectivity index (χ1) is 20.3. The predicted molar refractivity (Wildman–Crippen MR) is 165 cm³/mol. The Morgan fingerprint density at radius 3 is 2.36 bits per heavy atom. The van der Waals surface area contributed by atoms with Gasteiger partial charge >= 0.3 is 12.1 Å². The number of likely N-dealkylation sites (N-methyl/N-ethyl adjacent to an activating group) is 1. The summed E-state index contributed by atoms with van der Waals surface area (Å²) >= 11 is 0. The molecule has 1 amide bonds. The Bertz CT molecular complexity index is 1840. The van der Waals surface area contributed by atoms with Crippen molar-refractivity contribution in [3.63, 3.8) is 0 Å². The van der Waals surface area contributed by atoms with Crippen molar-refractivity contribution in [1.29, 1.82) is 0 Å². The number of alkyl halides is 3. The molecule has 1 fully saturated rings. The van der Waals surface area contributed by atoms with Crippen LogP contribution in [0.1, 0.15) is 29.0 Å². The average molecular weight is 568 g/mol. The minimum Gasteiger partial charge on any atom is -0.369 e. The molecule has 7 heteroatoms. The molecule has 0 saturated carbocycles. The standard InChI is InChI=1S/C35H32F3N3O/c1-40-16-18-41(19-17-40)26-10-15-28-25(21-26)9-14-31-27-11-7-24(20-23(27)8-13-32(28)31)30-12-6-22-4-2-3-5-29(22)33(30)39-34(42)35(36,37)38/h2-6,8-10,12-15,21,24H,7,11,16-20H2,1H3,(H,39,42). The fourth-order valence-electron chi connectivity index (χ4n) is 6.89. The van der Waals surface area contributed by atoms with Gasteiger partial charge in [-0.25, -0.2) is 0 Å². The summed E-state index contributed by atoms with van der Waals surface area (Å²) in [6.45, 7) is 4.20. The number of hydrogen-bond donors (Lipinski definition) is 1. The summed E-state index contributed by atoms with van der Waals surface area (Å²) in [5.74, 6) is -1.94. The summed E-state index contributed by atoms with van der Waals surface area (Å²) in [5, 5.41) is 8.59. The first kappa shape index (κ1) is 26.8. The van der Waals surface area contributed by atoms with Crippen molar-refractivity contribution < 1.29 is 18.0 Å². The van der Waals surface area contributed by atoms with Crippen molar-refractivity contribution in [2.24, 2.45) is 0 Å². The van der Waals surface area contributed by atoms with Gasteiger partial charge in [-0.15, -0.1) is 0 Å². The predicted octanol–water partition coefficient (Wildman–Crippen LogP) is 7.67. The summed E-state index contributed by atoms with van der Waals surface area (Å²) < 4.78 is 39.8. The molecule has 7 rings (SSSR count). The van der Waals surface area contributed by atoms with Gasteiger partial charge in [0.2, 0.25) is 0 Å². The second-order valence-electron chi connectivity index (χ2n) is 11.7. The van der Waals surface area contributed by atoms with Crippen molar-refractivity contribution in [2.45, 2.75) is 31.4 Å². The topological polar surface area (TPSA) is 35.6 Å². The van der Waals surface area contributed by atoms with Crippen LogP contribution in [-0.2, 0) is 17.6 Å². The SMILES string of the molecule is CN1CCN(c2ccc3c(ccc4c5c(ccc43)CC(c3ccc4ccccc4c3NC(=O)C(F)(F)F)CC5)c2)CC1. The van der Waals surface area contributed by atoms with Crippen LogP contribution in [0.4, 0.5) is 24.5 Å². The zero-order valence-electron chi connectivity index (χ0n) is 23.5. The lowest BCUT2D eigenvalue weighted by molar-refractivity contribution is -0.167. The molecule has 0 bridgehead atoms. The maximum absolute atomic E-state index is 13.3. The normalized spacial score (nSPS) is 18.0. The first-order valence-electron chi connectivity index (χ1n) is 14.6. The maximum Gasteiger partial charge on any atom is 0.471 e. The lowest BCUT2D eigenvalue weighted by Crippen LogP contribution is -2.44. The Kier molecular flexibility index (Phi) is 6.58. The summed E-state index contributed by atoms with van der Waals surface area (Å²) in [4.78, 5) is 16.9. The summed E-state index contributed by atoms with van der Waals surface area (Å²) in [5.41, 5.74) is 4.82. The van der Waals surface area contributed by atoms with Crippen LogP contribution in [0, 0.1) is 0 Å². The Hall–Kier alpha value is -4.10. The molecule has 1 atom stereocenters. The van der Waals surface area contributed by atoms with Crippen LogP contribution < -0.4 is 10.2 Å². The highest BCUT2D eigenvalue weighted by Gasteiger charge is 2.39. The van der Waals surface area contributed by atoms with E-state index in [1.54, 1.807) is 12.1 Å². The van der Waals surface area contributed by atoms with Crippen molar-refractivity contribution in [3.8, 4) is 0 Å². The first-order valence-corrected chi connectivity index (χ1v) is 14.6. The quantitative estimate of drug-likeness (QED) is 0.227. The minimum atomic E-state index is -4.96. The van der Waals surface area contributed by atoms with Crippen LogP contribution in [0.2, 0.25) is 0 Å². The summed E-state index contributed by atoms with van der Waals surface area (Å²) in [7, 11) is 2.17. The van der Waals surface area contributed by atoms with Gasteiger partial charge in [-0.3, -0.25) is 4.79 Å². The molecule has 4 nitrogen and oxygen atoms in total. The number of fused-ring (bicyclic) bond motifs is 6. The highest BCUT2D eigenvalue weighted by Crippen LogP contribution is 2.42. The van der Waals surface area contributed by atoms with Crippen LogP contribution in [0.15, 0.2) is 78.9 Å². The number of carbonyl (C=O) groups is 1. The number of hydrogen-bond acceptors (Lipinski definition) is 3. The number of amides is 1. The number of nitrogens with one attached hydrogen (secondary N) is 1. The smallest absolute Gasteiger partial charge is 0.369 e. The number of halogens is 3. The highest BCUT2D eigenvalue weighted by atomic mass is 19.4. The van der Waals surface area contributed by atoms with Gasteiger partial charge in [0.15, 0.2) is 0 Å². The third-order valence-electron chi connectivity index (χ3n) is 9.18. The monoisotopic (exact) mass is 567 g/mol. The molecule has 1 unspecified atom stereocenters. The molecule has 2 aliphatic rings. The number of aryl methyl sites for hydroxylation is 1. The molecule has 1 heterocycles. The van der Waals surface area contributed by atoms with E-state index in [4.69, 9.17) is 0 Å². The van der Waals surface area contributed by atoms with E-state index in [9.17, 15) is 18.0 Å². The van der Waals surface area contributed by atoms with Gasteiger partial charge < -0.3 is 15.1 Å². The number of benzene rings is 5. The second-order valence-corrected chi connectivity index (χ2v) is 11.7. The molecular formula is C35H32F3N3O. The Morgan fingerprint density at radius 1 is 0.810 bits per heavy atom. The Labute approximate surface area is 242 Å². The zero-order valence-corrected chi connectivity index (χ0v) is 23.5. The fraction of sp³-hybridized carbons (Fsp3) is 0.286. The van der Waals surface area contributed by atoms with E-state index in [2.05, 4.69) is 64.6 Å². The van der Waals surface area contributed by atoms with Gasteiger partial charge in [-0.05, 0) is 88.0 Å². The van der Waals surface area contributed by atoms with Crippen LogP contribution in [0.3, 0.4) is 0 Å². The van der Waals surface area contributed by atoms with Gasteiger partial charge in [-0.2, -0.15) is 13.2 Å². The number of carbonyl (C=O) groups excluding carboxylic acids is 1. The van der Waals surface area contributed by atoms with Gasteiger partial charge in [-0.1, -0.05) is 66.7 Å². The minimum absolute atomic E-state index is 0.00491. The molecule has 5 aromatic rings. The van der Waals surface area contributed by atoms with E-state index in [1.807, 2.05) is 24.3 Å². The molecule has 1 aliphatic carbocycles. The molecule has 214 valence electrons. The van der Waals surface area contributed by atoms with Crippen LogP contribution in [0.5, 0.6) is 0 Å². The zero-order chi connectivity index (χ0) is 29.0. The van der Waals surface area contributed by atoms with Crippen molar-refractivity contribution in [1.82, 2.24) is 4.90 Å². The van der Waals surface area contributed by atoms with Crippen molar-refractivity contribution >= 4 is 49.6 Å². The average Bonchev–Trinajstić information content (AvgIpc) is 3.00. The van der Waals surface area contributed by atoms with Crippen molar-refractivity contribution in [3.05, 3.63) is 95.6 Å². The third kappa shape index (κ3) is 4.75. The molecular weight excluding hydrogens is 535 g/mol. The number of nitrogens with zero attached hydrogens (tertiary/aromatic N) is 2. The van der Waals surface area contributed by atoms with Crippen LogP contribution in [-0.4, -0.2) is 50.2 Å². The second kappa shape index (κ2) is 10.3. The molecule has 1 N–H and O–H groups in total. The Morgan fingerprint density at radius 2 is 1.55 bits per heavy atom. The third-order valence-corrected chi connectivity index (χ3v) is 9.18. The van der Waals surface area contributed by atoms with Gasteiger partial charge in [0.05, 0.1) is 5.69 Å². The lowest BCUT2D eigenvalue weighted by Gasteiger charge is -2.34. The van der Waals surface area contributed by atoms with E-state index in [-0.39, 0.29) is 11.6 Å². The molecule has 0 radical (unpaired) electrons. The molecule has 1 aliphatic heterocycles. The van der Waals surface area contributed by atoms with Crippen LogP contribution >= 0.6 is 0 Å². The number of rotatable bonds is 3. The Balaban J connectivity index is 1.23. The fourth-order valence-corrected chi connectivity index (χ4v) is 6.89. The number of piperazine rings is 1. The maximum atomic E-state index is 13.3. The number of anilines is 2. The van der Waals surface area contributed by atoms with Crippen LogP contribution in [0.25, 0.3) is 32.3 Å². The van der Waals surface area contributed by atoms with E-state index in [0.717, 1.165) is 50.0 Å². The van der Waals surface area contributed by atoms with E-state index in [1.165, 1.54) is 38.4 Å². The van der Waals surface area contributed by atoms with E-state index < -0.39 is 12.1 Å². The van der Waals surface area contributed by atoms with E-state index in [0.29, 0.717) is 11.8 Å². The summed E-state index contributed by atoms with van der Waals surface area (Å²) in [6, 6.07) is 26.7. The largest absolute Gasteiger partial charge is 0.471 e. The molecule has 1 saturated heterocycles. The molecule has 5 aromatic carbocycles.